The normalized spacial score (nSPS) is 16.1. The van der Waals surface area contributed by atoms with Gasteiger partial charge in [-0.15, -0.1) is 0 Å². The number of nitro groups is 1. The summed E-state index contributed by atoms with van der Waals surface area (Å²) < 4.78 is 30.9. The first-order valence-electron chi connectivity index (χ1n) is 11.6. The van der Waals surface area contributed by atoms with Crippen molar-refractivity contribution in [2.45, 2.75) is 25.3 Å². The van der Waals surface area contributed by atoms with Gasteiger partial charge in [-0.1, -0.05) is 48.0 Å². The van der Waals surface area contributed by atoms with Gasteiger partial charge in [0.15, 0.2) is 0 Å². The predicted octanol–water partition coefficient (Wildman–Crippen LogP) is 6.07. The molecule has 0 aliphatic carbocycles. The van der Waals surface area contributed by atoms with Crippen LogP contribution in [0.25, 0.3) is 32.9 Å². The topological polar surface area (TPSA) is 84.9 Å². The Kier molecular flexibility index (Phi) is 5.00. The van der Waals surface area contributed by atoms with Gasteiger partial charge in [-0.05, 0) is 60.7 Å². The highest BCUT2D eigenvalue weighted by Gasteiger charge is 2.30. The van der Waals surface area contributed by atoms with E-state index < -0.39 is 10.0 Å². The lowest BCUT2D eigenvalue weighted by Crippen LogP contribution is -2.31. The average Bonchev–Trinajstić information content (AvgIpc) is 3.21. The highest BCUT2D eigenvalue weighted by atomic mass is 32.2. The van der Waals surface area contributed by atoms with E-state index in [1.54, 1.807) is 30.3 Å². The Hall–Kier alpha value is -4.01. The third-order valence-corrected chi connectivity index (χ3v) is 8.81. The third kappa shape index (κ3) is 3.26. The van der Waals surface area contributed by atoms with Gasteiger partial charge in [-0.25, -0.2) is 8.42 Å². The Morgan fingerprint density at radius 2 is 1.64 bits per heavy atom. The predicted molar refractivity (Wildman–Crippen MR) is 141 cm³/mol. The summed E-state index contributed by atoms with van der Waals surface area (Å²) in [6, 6.07) is 21.8. The van der Waals surface area contributed by atoms with E-state index in [1.165, 1.54) is 10.4 Å². The van der Waals surface area contributed by atoms with Gasteiger partial charge in [0.1, 0.15) is 0 Å². The van der Waals surface area contributed by atoms with Crippen LogP contribution in [0.4, 0.5) is 5.69 Å². The highest BCUT2D eigenvalue weighted by Crippen LogP contribution is 2.42. The molecule has 0 spiro atoms. The molecule has 1 aliphatic heterocycles. The summed E-state index contributed by atoms with van der Waals surface area (Å²) in [4.78, 5) is 11.9. The zero-order chi connectivity index (χ0) is 25.2. The maximum atomic E-state index is 13.7. The summed E-state index contributed by atoms with van der Waals surface area (Å²) in [5.41, 5.74) is 5.86. The summed E-state index contributed by atoms with van der Waals surface area (Å²) in [6.07, 6.45) is 1.86. The molecule has 0 atom stereocenters. The summed E-state index contributed by atoms with van der Waals surface area (Å²) >= 11 is 0. The van der Waals surface area contributed by atoms with E-state index in [4.69, 9.17) is 0 Å². The quantitative estimate of drug-likeness (QED) is 0.224. The third-order valence-electron chi connectivity index (χ3n) is 6.98. The standard InChI is InChI=1S/C28H23N3O4S/c1-18-10-12-22(13-11-18)36(34,35)29-15-14-19(2)26-27-24(8-5-9-25(27)31(32)33)30-23-7-4-3-6-20(23)16-21(17-29)28(26)30/h3-14,16H,15,17H2,1-2H3/b19-14-. The minimum Gasteiger partial charge on any atom is -0.308 e. The Bertz CT molecular complexity index is 1850. The summed E-state index contributed by atoms with van der Waals surface area (Å²) in [6.45, 7) is 4.12. The maximum absolute atomic E-state index is 13.7. The molecular weight excluding hydrogens is 474 g/mol. The molecule has 1 aliphatic rings. The molecule has 3 heterocycles. The number of fused-ring (bicyclic) bond motifs is 5. The molecule has 36 heavy (non-hydrogen) atoms. The van der Waals surface area contributed by atoms with Crippen LogP contribution in [0.2, 0.25) is 0 Å². The van der Waals surface area contributed by atoms with Crippen LogP contribution >= 0.6 is 0 Å². The van der Waals surface area contributed by atoms with E-state index in [1.807, 2.05) is 60.7 Å². The van der Waals surface area contributed by atoms with Crippen molar-refractivity contribution in [1.29, 1.82) is 0 Å². The number of hydrogen-bond donors (Lipinski definition) is 0. The van der Waals surface area contributed by atoms with Crippen LogP contribution in [0.15, 0.2) is 83.8 Å². The van der Waals surface area contributed by atoms with Crippen LogP contribution in [0, 0.1) is 17.0 Å². The van der Waals surface area contributed by atoms with Crippen molar-refractivity contribution in [1.82, 2.24) is 8.71 Å². The largest absolute Gasteiger partial charge is 0.308 e. The number of pyridine rings is 1. The molecule has 6 rings (SSSR count). The maximum Gasteiger partial charge on any atom is 0.279 e. The molecule has 0 saturated heterocycles. The van der Waals surface area contributed by atoms with Crippen LogP contribution in [0.3, 0.4) is 0 Å². The van der Waals surface area contributed by atoms with Crippen LogP contribution in [-0.2, 0) is 16.6 Å². The highest BCUT2D eigenvalue weighted by molar-refractivity contribution is 7.89. The fourth-order valence-electron chi connectivity index (χ4n) is 5.24. The number of aryl methyl sites for hydroxylation is 1. The molecule has 0 N–H and O–H groups in total. The van der Waals surface area contributed by atoms with Gasteiger partial charge in [0.25, 0.3) is 5.69 Å². The lowest BCUT2D eigenvalue weighted by atomic mass is 9.99. The van der Waals surface area contributed by atoms with Crippen molar-refractivity contribution in [3.63, 3.8) is 0 Å². The van der Waals surface area contributed by atoms with Gasteiger partial charge in [0.05, 0.1) is 31.8 Å². The van der Waals surface area contributed by atoms with E-state index >= 15 is 0 Å². The molecule has 0 unspecified atom stereocenters. The molecule has 0 bridgehead atoms. The number of nitrogens with zero attached hydrogens (tertiary/aromatic N) is 3. The minimum absolute atomic E-state index is 0.0405. The number of para-hydroxylation sites is 1. The number of non-ortho nitro benzene ring substituents is 1. The number of benzene rings is 3. The van der Waals surface area contributed by atoms with E-state index in [-0.39, 0.29) is 28.6 Å². The molecule has 3 aromatic carbocycles. The first kappa shape index (κ1) is 22.5. The molecule has 0 saturated carbocycles. The van der Waals surface area contributed by atoms with Crippen molar-refractivity contribution in [2.24, 2.45) is 0 Å². The zero-order valence-corrected chi connectivity index (χ0v) is 20.6. The van der Waals surface area contributed by atoms with Gasteiger partial charge in [-0.3, -0.25) is 10.1 Å². The van der Waals surface area contributed by atoms with E-state index in [0.29, 0.717) is 5.39 Å². The second kappa shape index (κ2) is 8.01. The SMILES string of the molecule is C/C1=C/CN(S(=O)(=O)c2ccc(C)cc2)Cc2cc3ccccc3n3c2c1c1c([N+](=O)[O-])cccc13. The first-order valence-corrected chi connectivity index (χ1v) is 13.1. The molecule has 0 radical (unpaired) electrons. The summed E-state index contributed by atoms with van der Waals surface area (Å²) in [5.74, 6) is 0. The van der Waals surface area contributed by atoms with Gasteiger partial charge < -0.3 is 4.40 Å². The fourth-order valence-corrected chi connectivity index (χ4v) is 6.60. The van der Waals surface area contributed by atoms with Gasteiger partial charge in [0, 0.05) is 24.7 Å². The van der Waals surface area contributed by atoms with Crippen molar-refractivity contribution in [3.8, 4) is 0 Å². The number of nitro benzene ring substituents is 1. The minimum atomic E-state index is -3.77. The Balaban J connectivity index is 1.70. The van der Waals surface area contributed by atoms with Crippen molar-refractivity contribution in [3.05, 3.63) is 106 Å². The van der Waals surface area contributed by atoms with E-state index in [2.05, 4.69) is 0 Å². The second-order valence-electron chi connectivity index (χ2n) is 9.21. The Morgan fingerprint density at radius 1 is 0.917 bits per heavy atom. The molecule has 2 aromatic heterocycles. The van der Waals surface area contributed by atoms with E-state index in [9.17, 15) is 18.5 Å². The van der Waals surface area contributed by atoms with Crippen LogP contribution < -0.4 is 0 Å². The second-order valence-corrected chi connectivity index (χ2v) is 11.2. The van der Waals surface area contributed by atoms with Gasteiger partial charge in [-0.2, -0.15) is 4.31 Å². The lowest BCUT2D eigenvalue weighted by molar-refractivity contribution is -0.383. The monoisotopic (exact) mass is 497 g/mol. The summed E-state index contributed by atoms with van der Waals surface area (Å²) in [7, 11) is -3.77. The Labute approximate surface area is 208 Å². The molecule has 8 heteroatoms. The average molecular weight is 498 g/mol. The zero-order valence-electron chi connectivity index (χ0n) is 19.8. The van der Waals surface area contributed by atoms with Crippen LogP contribution in [0.5, 0.6) is 0 Å². The number of aromatic nitrogens is 1. The van der Waals surface area contributed by atoms with Crippen LogP contribution in [0.1, 0.15) is 23.6 Å². The number of hydrogen-bond acceptors (Lipinski definition) is 4. The van der Waals surface area contributed by atoms with Crippen molar-refractivity contribution >= 4 is 48.6 Å². The summed E-state index contributed by atoms with van der Waals surface area (Å²) in [5, 5.41) is 13.5. The number of rotatable bonds is 3. The first-order chi connectivity index (χ1) is 17.3. The van der Waals surface area contributed by atoms with Crippen molar-refractivity contribution < 1.29 is 13.3 Å². The molecular formula is C28H23N3O4S. The van der Waals surface area contributed by atoms with E-state index in [0.717, 1.165) is 44.2 Å². The molecule has 180 valence electrons. The number of allylic oxidation sites excluding steroid dienone is 1. The van der Waals surface area contributed by atoms with Gasteiger partial charge in [0.2, 0.25) is 10.0 Å². The smallest absolute Gasteiger partial charge is 0.279 e. The van der Waals surface area contributed by atoms with Crippen LogP contribution in [-0.4, -0.2) is 28.6 Å². The lowest BCUT2D eigenvalue weighted by Gasteiger charge is -2.24. The molecule has 5 aromatic rings. The Morgan fingerprint density at radius 3 is 2.39 bits per heavy atom. The van der Waals surface area contributed by atoms with Crippen molar-refractivity contribution in [2.75, 3.05) is 6.54 Å². The number of sulfonamides is 1. The molecule has 0 amide bonds. The fraction of sp³-hybridized carbons (Fsp3) is 0.143. The molecule has 0 fully saturated rings. The van der Waals surface area contributed by atoms with Gasteiger partial charge >= 0.3 is 0 Å². The molecule has 7 nitrogen and oxygen atoms in total.